The minimum atomic E-state index is 0.237. The Labute approximate surface area is 98.8 Å². The fraction of sp³-hybridized carbons (Fsp3) is 0.923. The topological polar surface area (TPSA) is 23.6 Å². The van der Waals surface area contributed by atoms with Crippen LogP contribution in [0.5, 0.6) is 0 Å². The second-order valence-corrected chi connectivity index (χ2v) is 5.81. The van der Waals surface area contributed by atoms with E-state index in [1.54, 1.807) is 6.92 Å². The van der Waals surface area contributed by atoms with E-state index in [0.717, 1.165) is 31.5 Å². The van der Waals surface area contributed by atoms with Crippen LogP contribution in [-0.2, 0) is 4.79 Å². The van der Waals surface area contributed by atoms with Gasteiger partial charge in [0.1, 0.15) is 0 Å². The Balaban J connectivity index is 1.68. The number of hydrogen-bond donors (Lipinski definition) is 0. The molecular weight excluding hydrogens is 200 g/mol. The van der Waals surface area contributed by atoms with Crippen LogP contribution >= 0.6 is 0 Å². The van der Waals surface area contributed by atoms with Gasteiger partial charge in [-0.15, -0.1) is 0 Å². The molecule has 3 unspecified atom stereocenters. The second-order valence-electron chi connectivity index (χ2n) is 5.81. The highest BCUT2D eigenvalue weighted by Crippen LogP contribution is 2.38. The molecule has 0 N–H and O–H groups in total. The number of carbonyl (C=O) groups excluding carboxylic acids is 1. The summed E-state index contributed by atoms with van der Waals surface area (Å²) < 4.78 is 0. The van der Waals surface area contributed by atoms with Crippen LogP contribution in [0.4, 0.5) is 0 Å². The minimum Gasteiger partial charge on any atom is -0.343 e. The Bertz CT molecular complexity index is 267. The zero-order valence-electron chi connectivity index (χ0n) is 10.8. The Morgan fingerprint density at radius 1 is 1.44 bits per heavy atom. The first kappa shape index (κ1) is 11.9. The second kappa shape index (κ2) is 4.74. The van der Waals surface area contributed by atoms with Crippen LogP contribution in [0.2, 0.25) is 0 Å². The summed E-state index contributed by atoms with van der Waals surface area (Å²) in [5, 5.41) is 0. The molecule has 1 saturated carbocycles. The maximum absolute atomic E-state index is 11.2. The van der Waals surface area contributed by atoms with E-state index in [2.05, 4.69) is 18.9 Å². The maximum atomic E-state index is 11.2. The summed E-state index contributed by atoms with van der Waals surface area (Å²) in [4.78, 5) is 15.7. The molecule has 0 aromatic heterocycles. The molecular formula is C13H24N2O. The van der Waals surface area contributed by atoms with Gasteiger partial charge in [-0.2, -0.15) is 0 Å². The summed E-state index contributed by atoms with van der Waals surface area (Å²) >= 11 is 0. The zero-order valence-corrected chi connectivity index (χ0v) is 10.8. The summed E-state index contributed by atoms with van der Waals surface area (Å²) in [7, 11) is 2.22. The predicted molar refractivity (Wildman–Crippen MR) is 65.1 cm³/mol. The van der Waals surface area contributed by atoms with E-state index in [-0.39, 0.29) is 5.91 Å². The van der Waals surface area contributed by atoms with Crippen LogP contribution in [-0.4, -0.2) is 48.9 Å². The molecule has 0 aromatic rings. The molecule has 1 amide bonds. The first-order valence-corrected chi connectivity index (χ1v) is 6.50. The van der Waals surface area contributed by atoms with Crippen LogP contribution in [0.1, 0.15) is 26.7 Å². The van der Waals surface area contributed by atoms with Gasteiger partial charge in [0, 0.05) is 33.1 Å². The fourth-order valence-electron chi connectivity index (χ4n) is 2.84. The maximum Gasteiger partial charge on any atom is 0.219 e. The Morgan fingerprint density at radius 3 is 2.62 bits per heavy atom. The third-order valence-electron chi connectivity index (χ3n) is 4.12. The summed E-state index contributed by atoms with van der Waals surface area (Å²) in [6.07, 6.45) is 2.60. The lowest BCUT2D eigenvalue weighted by Gasteiger charge is -2.21. The molecule has 1 aliphatic carbocycles. The van der Waals surface area contributed by atoms with Crippen LogP contribution < -0.4 is 0 Å². The monoisotopic (exact) mass is 224 g/mol. The van der Waals surface area contributed by atoms with E-state index in [1.807, 2.05) is 4.90 Å². The number of amides is 1. The van der Waals surface area contributed by atoms with Crippen molar-refractivity contribution in [2.45, 2.75) is 26.7 Å². The van der Waals surface area contributed by atoms with Gasteiger partial charge in [0.25, 0.3) is 0 Å². The average molecular weight is 224 g/mol. The van der Waals surface area contributed by atoms with Gasteiger partial charge in [-0.1, -0.05) is 6.92 Å². The lowest BCUT2D eigenvalue weighted by atomic mass is 10.1. The molecule has 0 radical (unpaired) electrons. The van der Waals surface area contributed by atoms with Crippen LogP contribution in [0.15, 0.2) is 0 Å². The first-order chi connectivity index (χ1) is 7.56. The van der Waals surface area contributed by atoms with Crippen LogP contribution in [0.25, 0.3) is 0 Å². The molecule has 2 aliphatic rings. The van der Waals surface area contributed by atoms with E-state index in [0.29, 0.717) is 5.92 Å². The average Bonchev–Trinajstić information content (AvgIpc) is 2.72. The van der Waals surface area contributed by atoms with Gasteiger partial charge < -0.3 is 9.80 Å². The molecule has 0 spiro atoms. The molecule has 1 aliphatic heterocycles. The highest BCUT2D eigenvalue weighted by Gasteiger charge is 2.34. The lowest BCUT2D eigenvalue weighted by Crippen LogP contribution is -2.31. The van der Waals surface area contributed by atoms with Crippen molar-refractivity contribution < 1.29 is 4.79 Å². The summed E-state index contributed by atoms with van der Waals surface area (Å²) in [5.74, 6) is 2.82. The van der Waals surface area contributed by atoms with Crippen molar-refractivity contribution in [1.82, 2.24) is 9.80 Å². The van der Waals surface area contributed by atoms with Crippen molar-refractivity contribution in [3.05, 3.63) is 0 Å². The molecule has 3 atom stereocenters. The molecule has 1 saturated heterocycles. The molecule has 0 aromatic carbocycles. The van der Waals surface area contributed by atoms with Gasteiger partial charge in [-0.25, -0.2) is 0 Å². The molecule has 0 bridgehead atoms. The molecule has 3 heteroatoms. The van der Waals surface area contributed by atoms with Gasteiger partial charge >= 0.3 is 0 Å². The van der Waals surface area contributed by atoms with Crippen molar-refractivity contribution in [2.75, 3.05) is 33.2 Å². The van der Waals surface area contributed by atoms with Crippen molar-refractivity contribution in [1.29, 1.82) is 0 Å². The van der Waals surface area contributed by atoms with Gasteiger partial charge in [0.05, 0.1) is 0 Å². The molecule has 2 fully saturated rings. The largest absolute Gasteiger partial charge is 0.343 e. The molecule has 92 valence electrons. The number of likely N-dealkylation sites (tertiary alicyclic amines) is 1. The van der Waals surface area contributed by atoms with E-state index in [9.17, 15) is 4.79 Å². The first-order valence-electron chi connectivity index (χ1n) is 6.50. The Morgan fingerprint density at radius 2 is 2.12 bits per heavy atom. The SMILES string of the molecule is CC(=O)N1CCC(CN(C)CC2CC2C)C1. The quantitative estimate of drug-likeness (QED) is 0.721. The van der Waals surface area contributed by atoms with E-state index in [1.165, 1.54) is 19.4 Å². The fourth-order valence-corrected chi connectivity index (χ4v) is 2.84. The summed E-state index contributed by atoms with van der Waals surface area (Å²) in [6.45, 7) is 8.36. The molecule has 1 heterocycles. The summed E-state index contributed by atoms with van der Waals surface area (Å²) in [5.41, 5.74) is 0. The number of hydrogen-bond acceptors (Lipinski definition) is 2. The van der Waals surface area contributed by atoms with Gasteiger partial charge in [-0.05, 0) is 37.6 Å². The molecule has 2 rings (SSSR count). The van der Waals surface area contributed by atoms with Crippen molar-refractivity contribution in [2.24, 2.45) is 17.8 Å². The predicted octanol–water partition coefficient (Wildman–Crippen LogP) is 1.44. The summed E-state index contributed by atoms with van der Waals surface area (Å²) in [6, 6.07) is 0. The number of rotatable bonds is 4. The normalized spacial score (nSPS) is 33.5. The van der Waals surface area contributed by atoms with Crippen molar-refractivity contribution >= 4 is 5.91 Å². The Hall–Kier alpha value is -0.570. The number of carbonyl (C=O) groups is 1. The standard InChI is InChI=1S/C13H24N2O/c1-10-6-13(10)9-14(3)7-12-4-5-15(8-12)11(2)16/h10,12-13H,4-9H2,1-3H3. The van der Waals surface area contributed by atoms with E-state index < -0.39 is 0 Å². The smallest absolute Gasteiger partial charge is 0.219 e. The zero-order chi connectivity index (χ0) is 11.7. The van der Waals surface area contributed by atoms with Gasteiger partial charge in [0.2, 0.25) is 5.91 Å². The molecule has 16 heavy (non-hydrogen) atoms. The van der Waals surface area contributed by atoms with E-state index >= 15 is 0 Å². The lowest BCUT2D eigenvalue weighted by molar-refractivity contribution is -0.127. The van der Waals surface area contributed by atoms with Gasteiger partial charge in [0.15, 0.2) is 0 Å². The highest BCUT2D eigenvalue weighted by atomic mass is 16.2. The van der Waals surface area contributed by atoms with Crippen molar-refractivity contribution in [3.8, 4) is 0 Å². The van der Waals surface area contributed by atoms with E-state index in [4.69, 9.17) is 0 Å². The van der Waals surface area contributed by atoms with Crippen LogP contribution in [0, 0.1) is 17.8 Å². The van der Waals surface area contributed by atoms with Gasteiger partial charge in [-0.3, -0.25) is 4.79 Å². The third kappa shape index (κ3) is 2.97. The molecule has 3 nitrogen and oxygen atoms in total. The minimum absolute atomic E-state index is 0.237. The Kier molecular flexibility index (Phi) is 3.53. The van der Waals surface area contributed by atoms with Crippen molar-refractivity contribution in [3.63, 3.8) is 0 Å². The number of nitrogens with zero attached hydrogens (tertiary/aromatic N) is 2. The highest BCUT2D eigenvalue weighted by molar-refractivity contribution is 5.73. The third-order valence-corrected chi connectivity index (χ3v) is 4.12. The van der Waals surface area contributed by atoms with Crippen LogP contribution in [0.3, 0.4) is 0 Å².